The predicted octanol–water partition coefficient (Wildman–Crippen LogP) is 2.69. The van der Waals surface area contributed by atoms with Crippen LogP contribution in [-0.2, 0) is 6.54 Å². The highest BCUT2D eigenvalue weighted by Gasteiger charge is 2.21. The number of anilines is 1. The third-order valence-corrected chi connectivity index (χ3v) is 4.85. The Morgan fingerprint density at radius 3 is 2.77 bits per heavy atom. The first-order chi connectivity index (χ1) is 10.7. The first kappa shape index (κ1) is 15.2. The van der Waals surface area contributed by atoms with Gasteiger partial charge in [0.05, 0.1) is 21.8 Å². The van der Waals surface area contributed by atoms with Crippen molar-refractivity contribution in [1.82, 2.24) is 14.9 Å². The number of pyridine rings is 1. The van der Waals surface area contributed by atoms with E-state index in [9.17, 15) is 0 Å². The van der Waals surface area contributed by atoms with Crippen molar-refractivity contribution in [1.29, 1.82) is 5.26 Å². The quantitative estimate of drug-likeness (QED) is 0.864. The van der Waals surface area contributed by atoms with E-state index in [1.165, 1.54) is 4.88 Å². The van der Waals surface area contributed by atoms with Crippen LogP contribution < -0.4 is 4.90 Å². The lowest BCUT2D eigenvalue weighted by Crippen LogP contribution is -2.46. The molecule has 2 aromatic heterocycles. The summed E-state index contributed by atoms with van der Waals surface area (Å²) in [5, 5.41) is 9.58. The molecule has 0 amide bonds. The number of hydrogen-bond acceptors (Lipinski definition) is 6. The van der Waals surface area contributed by atoms with E-state index in [0.29, 0.717) is 10.6 Å². The Labute approximate surface area is 138 Å². The van der Waals surface area contributed by atoms with Crippen LogP contribution in [0.2, 0.25) is 5.02 Å². The molecule has 2 aromatic rings. The minimum absolute atomic E-state index is 0.539. The minimum Gasteiger partial charge on any atom is -0.353 e. The second kappa shape index (κ2) is 6.61. The molecule has 1 aliphatic heterocycles. The van der Waals surface area contributed by atoms with Gasteiger partial charge in [0.2, 0.25) is 0 Å². The summed E-state index contributed by atoms with van der Waals surface area (Å²) < 4.78 is 0. The highest BCUT2D eigenvalue weighted by Crippen LogP contribution is 2.27. The van der Waals surface area contributed by atoms with Gasteiger partial charge in [-0.25, -0.2) is 4.98 Å². The van der Waals surface area contributed by atoms with E-state index >= 15 is 0 Å². The minimum atomic E-state index is 0.539. The monoisotopic (exact) mass is 333 g/mol. The zero-order chi connectivity index (χ0) is 15.5. The summed E-state index contributed by atoms with van der Waals surface area (Å²) in [6, 6.07) is 3.83. The molecule has 0 spiro atoms. The Bertz CT molecular complexity index is 687. The fourth-order valence-electron chi connectivity index (χ4n) is 2.56. The zero-order valence-electron chi connectivity index (χ0n) is 12.3. The Hall–Kier alpha value is -1.68. The van der Waals surface area contributed by atoms with E-state index in [2.05, 4.69) is 25.8 Å². The topological polar surface area (TPSA) is 56.1 Å². The van der Waals surface area contributed by atoms with E-state index in [-0.39, 0.29) is 0 Å². The third kappa shape index (κ3) is 3.22. The van der Waals surface area contributed by atoms with Crippen molar-refractivity contribution in [3.05, 3.63) is 38.9 Å². The zero-order valence-corrected chi connectivity index (χ0v) is 13.9. The lowest BCUT2D eigenvalue weighted by atomic mass is 10.2. The number of halogens is 1. The highest BCUT2D eigenvalue weighted by atomic mass is 35.5. The average molecular weight is 334 g/mol. The molecule has 1 aliphatic rings. The van der Waals surface area contributed by atoms with Gasteiger partial charge in [0.25, 0.3) is 0 Å². The van der Waals surface area contributed by atoms with Gasteiger partial charge in [0.15, 0.2) is 0 Å². The molecule has 114 valence electrons. The fraction of sp³-hybridized carbons (Fsp3) is 0.400. The van der Waals surface area contributed by atoms with Crippen molar-refractivity contribution < 1.29 is 0 Å². The molecule has 0 saturated carbocycles. The fourth-order valence-corrected chi connectivity index (χ4v) is 3.47. The van der Waals surface area contributed by atoms with Crippen LogP contribution in [0.4, 0.5) is 5.82 Å². The first-order valence-electron chi connectivity index (χ1n) is 7.09. The maximum Gasteiger partial charge on any atom is 0.147 e. The molecule has 0 aromatic carbocycles. The van der Waals surface area contributed by atoms with Crippen molar-refractivity contribution in [2.24, 2.45) is 0 Å². The van der Waals surface area contributed by atoms with Crippen molar-refractivity contribution in [3.63, 3.8) is 0 Å². The molecular weight excluding hydrogens is 318 g/mol. The summed E-state index contributed by atoms with van der Waals surface area (Å²) in [7, 11) is 0. The molecule has 0 N–H and O–H groups in total. The normalized spacial score (nSPS) is 15.8. The van der Waals surface area contributed by atoms with E-state index in [1.807, 2.05) is 18.6 Å². The highest BCUT2D eigenvalue weighted by molar-refractivity contribution is 7.09. The lowest BCUT2D eigenvalue weighted by Gasteiger charge is -2.35. The molecule has 3 heterocycles. The van der Waals surface area contributed by atoms with Crippen LogP contribution in [-0.4, -0.2) is 41.0 Å². The second-order valence-electron chi connectivity index (χ2n) is 5.27. The summed E-state index contributed by atoms with van der Waals surface area (Å²) >= 11 is 7.98. The first-order valence-corrected chi connectivity index (χ1v) is 8.35. The maximum atomic E-state index is 9.03. The summed E-state index contributed by atoms with van der Waals surface area (Å²) in [5.74, 6) is 0.788. The molecule has 0 radical (unpaired) electrons. The Balaban J connectivity index is 1.66. The van der Waals surface area contributed by atoms with Gasteiger partial charge in [0.1, 0.15) is 11.9 Å². The van der Waals surface area contributed by atoms with Gasteiger partial charge in [-0.15, -0.1) is 11.3 Å². The van der Waals surface area contributed by atoms with E-state index in [4.69, 9.17) is 16.9 Å². The van der Waals surface area contributed by atoms with Crippen molar-refractivity contribution in [3.8, 4) is 6.07 Å². The van der Waals surface area contributed by atoms with Crippen LogP contribution in [0, 0.1) is 18.3 Å². The molecule has 7 heteroatoms. The Morgan fingerprint density at radius 2 is 2.14 bits per heavy atom. The van der Waals surface area contributed by atoms with Gasteiger partial charge < -0.3 is 4.90 Å². The number of thiazole rings is 1. The molecular formula is C15H16ClN5S. The van der Waals surface area contributed by atoms with Crippen LogP contribution in [0.1, 0.15) is 16.1 Å². The molecule has 0 bridgehead atoms. The van der Waals surface area contributed by atoms with E-state index in [1.54, 1.807) is 17.4 Å². The largest absolute Gasteiger partial charge is 0.353 e. The van der Waals surface area contributed by atoms with Gasteiger partial charge >= 0.3 is 0 Å². The van der Waals surface area contributed by atoms with Gasteiger partial charge in [0, 0.05) is 43.8 Å². The summed E-state index contributed by atoms with van der Waals surface area (Å²) in [6.45, 7) is 6.50. The number of rotatable bonds is 3. The van der Waals surface area contributed by atoms with Crippen LogP contribution >= 0.6 is 22.9 Å². The van der Waals surface area contributed by atoms with Crippen LogP contribution in [0.25, 0.3) is 0 Å². The molecule has 1 saturated heterocycles. The van der Waals surface area contributed by atoms with Gasteiger partial charge in [-0.1, -0.05) is 11.6 Å². The Morgan fingerprint density at radius 1 is 1.36 bits per heavy atom. The van der Waals surface area contributed by atoms with Gasteiger partial charge in [-0.05, 0) is 13.0 Å². The molecule has 0 unspecified atom stereocenters. The summed E-state index contributed by atoms with van der Waals surface area (Å²) in [4.78, 5) is 14.5. The number of nitrogens with zero attached hydrogens (tertiary/aromatic N) is 5. The van der Waals surface area contributed by atoms with Gasteiger partial charge in [-0.3, -0.25) is 9.88 Å². The van der Waals surface area contributed by atoms with E-state index < -0.39 is 0 Å². The van der Waals surface area contributed by atoms with Crippen LogP contribution in [0.15, 0.2) is 17.8 Å². The molecule has 1 fully saturated rings. The number of hydrogen-bond donors (Lipinski definition) is 0. The number of aromatic nitrogens is 2. The SMILES string of the molecule is Cc1nc(N2CCN(Cc3cncs3)CC2)c(Cl)cc1C#N. The predicted molar refractivity (Wildman–Crippen MR) is 88.3 cm³/mol. The maximum absolute atomic E-state index is 9.03. The van der Waals surface area contributed by atoms with Crippen LogP contribution in [0.5, 0.6) is 0 Å². The summed E-state index contributed by atoms with van der Waals surface area (Å²) in [5.41, 5.74) is 3.14. The Kier molecular flexibility index (Phi) is 4.57. The molecule has 0 atom stereocenters. The molecule has 3 rings (SSSR count). The lowest BCUT2D eigenvalue weighted by molar-refractivity contribution is 0.251. The van der Waals surface area contributed by atoms with Gasteiger partial charge in [-0.2, -0.15) is 5.26 Å². The number of nitriles is 1. The number of piperazine rings is 1. The molecule has 5 nitrogen and oxygen atoms in total. The van der Waals surface area contributed by atoms with E-state index in [0.717, 1.165) is 44.2 Å². The molecule has 0 aliphatic carbocycles. The van der Waals surface area contributed by atoms with Crippen LogP contribution in [0.3, 0.4) is 0 Å². The van der Waals surface area contributed by atoms with Crippen molar-refractivity contribution in [2.75, 3.05) is 31.1 Å². The average Bonchev–Trinajstić information content (AvgIpc) is 3.03. The second-order valence-corrected chi connectivity index (χ2v) is 6.65. The van der Waals surface area contributed by atoms with Crippen molar-refractivity contribution >= 4 is 28.8 Å². The smallest absolute Gasteiger partial charge is 0.147 e. The standard InChI is InChI=1S/C15H16ClN5S/c1-11-12(7-17)6-14(16)15(19-11)21-4-2-20(3-5-21)9-13-8-18-10-22-13/h6,8,10H,2-5,9H2,1H3. The third-order valence-electron chi connectivity index (χ3n) is 3.80. The molecule has 22 heavy (non-hydrogen) atoms. The summed E-state index contributed by atoms with van der Waals surface area (Å²) in [6.07, 6.45) is 1.93. The number of aryl methyl sites for hydroxylation is 1. The van der Waals surface area contributed by atoms with Crippen molar-refractivity contribution in [2.45, 2.75) is 13.5 Å².